The van der Waals surface area contributed by atoms with Crippen LogP contribution in [0.25, 0.3) is 0 Å². The van der Waals surface area contributed by atoms with Crippen LogP contribution in [0.1, 0.15) is 11.1 Å². The molecule has 1 rings (SSSR count). The summed E-state index contributed by atoms with van der Waals surface area (Å²) in [5.74, 6) is -0.600. The van der Waals surface area contributed by atoms with E-state index in [1.54, 1.807) is 0 Å². The quantitative estimate of drug-likeness (QED) is 0.850. The van der Waals surface area contributed by atoms with Gasteiger partial charge in [-0.25, -0.2) is 13.6 Å². The lowest BCUT2D eigenvalue weighted by atomic mass is 10.1. The summed E-state index contributed by atoms with van der Waals surface area (Å²) in [7, 11) is -3.81. The molecule has 0 unspecified atom stereocenters. The molecule has 0 spiro atoms. The number of halogens is 3. The Morgan fingerprint density at radius 2 is 1.87 bits per heavy atom. The van der Waals surface area contributed by atoms with E-state index in [0.29, 0.717) is 0 Å². The largest absolute Gasteiger partial charge is 0.416 e. The standard InChI is InChI=1S/C8H8F3NO2S/c9-8(10,11)7-3-1-2-6(4-7)5-15(12,13)14/h1-4H,5H2,(H2,12,13,14). The van der Waals surface area contributed by atoms with Crippen molar-refractivity contribution in [1.82, 2.24) is 0 Å². The smallest absolute Gasteiger partial charge is 0.228 e. The zero-order valence-corrected chi connectivity index (χ0v) is 8.27. The summed E-state index contributed by atoms with van der Waals surface area (Å²) in [5, 5.41) is 4.72. The molecular formula is C8H8F3NO2S. The molecule has 0 fully saturated rings. The molecule has 1 aromatic carbocycles. The molecule has 0 aliphatic rings. The van der Waals surface area contributed by atoms with Crippen molar-refractivity contribution in [1.29, 1.82) is 0 Å². The molecule has 84 valence electrons. The van der Waals surface area contributed by atoms with Gasteiger partial charge in [0.05, 0.1) is 11.3 Å². The minimum atomic E-state index is -4.48. The Bertz CT molecular complexity index is 453. The maximum Gasteiger partial charge on any atom is 0.416 e. The van der Waals surface area contributed by atoms with E-state index in [0.717, 1.165) is 18.2 Å². The van der Waals surface area contributed by atoms with Crippen LogP contribution in [0, 0.1) is 0 Å². The number of rotatable bonds is 2. The van der Waals surface area contributed by atoms with Gasteiger partial charge in [-0.15, -0.1) is 0 Å². The van der Waals surface area contributed by atoms with Crippen molar-refractivity contribution in [2.24, 2.45) is 5.14 Å². The molecule has 0 aliphatic carbocycles. The molecular weight excluding hydrogens is 231 g/mol. The molecule has 0 bridgehead atoms. The fraction of sp³-hybridized carbons (Fsp3) is 0.250. The molecule has 2 N–H and O–H groups in total. The topological polar surface area (TPSA) is 60.2 Å². The van der Waals surface area contributed by atoms with Gasteiger partial charge in [0, 0.05) is 0 Å². The second-order valence-electron chi connectivity index (χ2n) is 3.01. The van der Waals surface area contributed by atoms with Crippen molar-refractivity contribution in [3.05, 3.63) is 35.4 Å². The third-order valence-electron chi connectivity index (χ3n) is 1.62. The minimum Gasteiger partial charge on any atom is -0.228 e. The van der Waals surface area contributed by atoms with Gasteiger partial charge in [-0.2, -0.15) is 13.2 Å². The van der Waals surface area contributed by atoms with Gasteiger partial charge < -0.3 is 0 Å². The van der Waals surface area contributed by atoms with E-state index in [-0.39, 0.29) is 5.56 Å². The Balaban J connectivity index is 3.04. The summed E-state index contributed by atoms with van der Waals surface area (Å²) < 4.78 is 58.0. The monoisotopic (exact) mass is 239 g/mol. The Morgan fingerprint density at radius 1 is 1.27 bits per heavy atom. The number of alkyl halides is 3. The summed E-state index contributed by atoms with van der Waals surface area (Å²) in [6.07, 6.45) is -4.48. The predicted molar refractivity (Wildman–Crippen MR) is 48.3 cm³/mol. The molecule has 7 heteroatoms. The maximum atomic E-state index is 12.2. The maximum absolute atomic E-state index is 12.2. The first-order valence-electron chi connectivity index (χ1n) is 3.85. The zero-order valence-electron chi connectivity index (χ0n) is 7.45. The molecule has 0 radical (unpaired) electrons. The third kappa shape index (κ3) is 3.88. The molecule has 0 amide bonds. The van der Waals surface area contributed by atoms with E-state index in [1.165, 1.54) is 6.07 Å². The van der Waals surface area contributed by atoms with Gasteiger partial charge >= 0.3 is 6.18 Å². The summed E-state index contributed by atoms with van der Waals surface area (Å²) in [4.78, 5) is 0. The number of nitrogens with two attached hydrogens (primary N) is 1. The number of sulfonamides is 1. The lowest BCUT2D eigenvalue weighted by Crippen LogP contribution is -2.15. The number of primary sulfonamides is 1. The highest BCUT2D eigenvalue weighted by molar-refractivity contribution is 7.88. The fourth-order valence-electron chi connectivity index (χ4n) is 1.07. The van der Waals surface area contributed by atoms with Crippen LogP contribution in [0.4, 0.5) is 13.2 Å². The second-order valence-corrected chi connectivity index (χ2v) is 4.62. The van der Waals surface area contributed by atoms with Gasteiger partial charge in [0.2, 0.25) is 10.0 Å². The number of hydrogen-bond acceptors (Lipinski definition) is 2. The minimum absolute atomic E-state index is 0.0207. The second kappa shape index (κ2) is 3.82. The van der Waals surface area contributed by atoms with Crippen LogP contribution in [-0.4, -0.2) is 8.42 Å². The van der Waals surface area contributed by atoms with E-state index in [1.807, 2.05) is 0 Å². The molecule has 0 saturated carbocycles. The van der Waals surface area contributed by atoms with Crippen LogP contribution in [0.3, 0.4) is 0 Å². The van der Waals surface area contributed by atoms with E-state index in [4.69, 9.17) is 5.14 Å². The highest BCUT2D eigenvalue weighted by Gasteiger charge is 2.30. The van der Waals surface area contributed by atoms with Crippen LogP contribution < -0.4 is 5.14 Å². The summed E-state index contributed by atoms with van der Waals surface area (Å²) in [6.45, 7) is 0. The highest BCUT2D eigenvalue weighted by atomic mass is 32.2. The lowest BCUT2D eigenvalue weighted by Gasteiger charge is -2.07. The van der Waals surface area contributed by atoms with E-state index in [9.17, 15) is 21.6 Å². The molecule has 0 aliphatic heterocycles. The number of hydrogen-bond donors (Lipinski definition) is 1. The molecule has 0 atom stereocenters. The molecule has 1 aromatic rings. The average Bonchev–Trinajstić information content (AvgIpc) is 1.99. The predicted octanol–water partition coefficient (Wildman–Crippen LogP) is 1.49. The Kier molecular flexibility index (Phi) is 3.05. The Hall–Kier alpha value is -1.08. The van der Waals surface area contributed by atoms with Crippen molar-refractivity contribution in [3.8, 4) is 0 Å². The van der Waals surface area contributed by atoms with E-state index < -0.39 is 27.5 Å². The zero-order chi connectivity index (χ0) is 11.7. The SMILES string of the molecule is NS(=O)(=O)Cc1cccc(C(F)(F)F)c1. The number of benzene rings is 1. The van der Waals surface area contributed by atoms with Crippen LogP contribution in [0.5, 0.6) is 0 Å². The van der Waals surface area contributed by atoms with Gasteiger partial charge in [-0.1, -0.05) is 18.2 Å². The van der Waals surface area contributed by atoms with Gasteiger partial charge in [0.1, 0.15) is 0 Å². The molecule has 3 nitrogen and oxygen atoms in total. The van der Waals surface area contributed by atoms with Crippen molar-refractivity contribution in [3.63, 3.8) is 0 Å². The third-order valence-corrected chi connectivity index (χ3v) is 2.36. The van der Waals surface area contributed by atoms with E-state index in [2.05, 4.69) is 0 Å². The summed E-state index contributed by atoms with van der Waals surface area (Å²) in [5.41, 5.74) is -0.865. The highest BCUT2D eigenvalue weighted by Crippen LogP contribution is 2.29. The van der Waals surface area contributed by atoms with Crippen molar-refractivity contribution >= 4 is 10.0 Å². The van der Waals surface area contributed by atoms with Crippen LogP contribution in [0.15, 0.2) is 24.3 Å². The van der Waals surface area contributed by atoms with Crippen molar-refractivity contribution < 1.29 is 21.6 Å². The molecule has 15 heavy (non-hydrogen) atoms. The molecule has 0 saturated heterocycles. The van der Waals surface area contributed by atoms with Crippen LogP contribution in [-0.2, 0) is 22.0 Å². The van der Waals surface area contributed by atoms with Gasteiger partial charge in [-0.05, 0) is 11.6 Å². The molecule has 0 aromatic heterocycles. The van der Waals surface area contributed by atoms with Crippen molar-refractivity contribution in [2.45, 2.75) is 11.9 Å². The summed E-state index contributed by atoms with van der Waals surface area (Å²) in [6, 6.07) is 4.06. The first-order valence-corrected chi connectivity index (χ1v) is 5.56. The first kappa shape index (κ1) is 12.0. The Morgan fingerprint density at radius 3 is 2.33 bits per heavy atom. The first-order chi connectivity index (χ1) is 6.68. The summed E-state index contributed by atoms with van der Waals surface area (Å²) >= 11 is 0. The van der Waals surface area contributed by atoms with Gasteiger partial charge in [-0.3, -0.25) is 0 Å². The lowest BCUT2D eigenvalue weighted by molar-refractivity contribution is -0.137. The van der Waals surface area contributed by atoms with Crippen LogP contribution in [0.2, 0.25) is 0 Å². The normalized spacial score (nSPS) is 12.8. The Labute approximate surface area is 84.8 Å². The fourth-order valence-corrected chi connectivity index (χ4v) is 1.71. The van der Waals surface area contributed by atoms with E-state index >= 15 is 0 Å². The van der Waals surface area contributed by atoms with Gasteiger partial charge in [0.25, 0.3) is 0 Å². The van der Waals surface area contributed by atoms with Gasteiger partial charge in [0.15, 0.2) is 0 Å². The molecule has 0 heterocycles. The van der Waals surface area contributed by atoms with Crippen molar-refractivity contribution in [2.75, 3.05) is 0 Å². The average molecular weight is 239 g/mol. The van der Waals surface area contributed by atoms with Crippen LogP contribution >= 0.6 is 0 Å².